The van der Waals surface area contributed by atoms with Gasteiger partial charge >= 0.3 is 6.03 Å². The largest absolute Gasteiger partial charge is 0.350 e. The fraction of sp³-hybridized carbons (Fsp3) is 0.579. The van der Waals surface area contributed by atoms with E-state index < -0.39 is 21.6 Å². The number of hydrogen-bond donors (Lipinski definition) is 3. The first-order chi connectivity index (χ1) is 12.8. The van der Waals surface area contributed by atoms with E-state index in [0.717, 1.165) is 55.3 Å². The molecule has 0 aromatic heterocycles. The van der Waals surface area contributed by atoms with E-state index in [1.807, 2.05) is 0 Å². The third-order valence-electron chi connectivity index (χ3n) is 5.72. The summed E-state index contributed by atoms with van der Waals surface area (Å²) in [5.41, 5.74) is 4.94. The highest BCUT2D eigenvalue weighted by Crippen LogP contribution is 2.39. The van der Waals surface area contributed by atoms with Gasteiger partial charge in [0.25, 0.3) is 0 Å². The Morgan fingerprint density at radius 2 is 1.63 bits per heavy atom. The quantitative estimate of drug-likeness (QED) is 0.712. The molecule has 8 heteroatoms. The van der Waals surface area contributed by atoms with Crippen LogP contribution in [0.25, 0.3) is 0 Å². The lowest BCUT2D eigenvalue weighted by molar-refractivity contribution is -0.119. The number of hydrogen-bond acceptors (Lipinski definition) is 4. The van der Waals surface area contributed by atoms with E-state index in [-0.39, 0.29) is 11.7 Å². The highest BCUT2D eigenvalue weighted by atomic mass is 32.2. The maximum Gasteiger partial charge on any atom is 0.332 e. The summed E-state index contributed by atoms with van der Waals surface area (Å²) in [4.78, 5) is 23.7. The molecule has 146 valence electrons. The van der Waals surface area contributed by atoms with Gasteiger partial charge in [0.15, 0.2) is 0 Å². The van der Waals surface area contributed by atoms with Gasteiger partial charge in [-0.1, -0.05) is 6.07 Å². The molecule has 1 aromatic rings. The molecule has 0 radical (unpaired) electrons. The van der Waals surface area contributed by atoms with Crippen LogP contribution in [0.5, 0.6) is 0 Å². The van der Waals surface area contributed by atoms with E-state index in [1.54, 1.807) is 0 Å². The third kappa shape index (κ3) is 3.81. The van der Waals surface area contributed by atoms with Crippen molar-refractivity contribution >= 4 is 27.6 Å². The minimum Gasteiger partial charge on any atom is -0.350 e. The number of carbonyl (C=O) groups is 2. The van der Waals surface area contributed by atoms with Gasteiger partial charge in [0.2, 0.25) is 15.9 Å². The van der Waals surface area contributed by atoms with E-state index in [2.05, 4.69) is 21.4 Å². The summed E-state index contributed by atoms with van der Waals surface area (Å²) >= 11 is 0. The van der Waals surface area contributed by atoms with Crippen LogP contribution in [0.4, 0.5) is 10.5 Å². The van der Waals surface area contributed by atoms with Crippen LogP contribution in [0.2, 0.25) is 0 Å². The van der Waals surface area contributed by atoms with Gasteiger partial charge in [-0.05, 0) is 73.6 Å². The Morgan fingerprint density at radius 1 is 1.04 bits per heavy atom. The average molecular weight is 391 g/mol. The lowest BCUT2D eigenvalue weighted by Crippen LogP contribution is -2.46. The summed E-state index contributed by atoms with van der Waals surface area (Å²) in [6.45, 7) is 1.36. The molecule has 1 saturated carbocycles. The molecule has 0 saturated heterocycles. The van der Waals surface area contributed by atoms with Crippen LogP contribution >= 0.6 is 0 Å². The van der Waals surface area contributed by atoms with Gasteiger partial charge < -0.3 is 10.6 Å². The molecule has 0 heterocycles. The number of rotatable bonds is 5. The summed E-state index contributed by atoms with van der Waals surface area (Å²) in [6.07, 6.45) is 7.18. The lowest BCUT2D eigenvalue weighted by Gasteiger charge is -2.19. The van der Waals surface area contributed by atoms with Crippen molar-refractivity contribution in [3.05, 3.63) is 28.3 Å². The molecule has 0 unspecified atom stereocenters. The van der Waals surface area contributed by atoms with E-state index in [9.17, 15) is 18.0 Å². The second kappa shape index (κ2) is 6.51. The van der Waals surface area contributed by atoms with Gasteiger partial charge in [0, 0.05) is 12.6 Å². The molecule has 3 aliphatic carbocycles. The van der Waals surface area contributed by atoms with Crippen molar-refractivity contribution < 1.29 is 18.0 Å². The smallest absolute Gasteiger partial charge is 0.332 e. The third-order valence-corrected chi connectivity index (χ3v) is 7.15. The molecule has 0 aliphatic heterocycles. The minimum atomic E-state index is -3.85. The average Bonchev–Trinajstić information content (AvgIpc) is 2.99. The zero-order chi connectivity index (χ0) is 19.2. The minimum absolute atomic E-state index is 0.262. The Bertz CT molecular complexity index is 887. The number of amides is 3. The van der Waals surface area contributed by atoms with Gasteiger partial charge in [-0.2, -0.15) is 0 Å². The van der Waals surface area contributed by atoms with Crippen molar-refractivity contribution in [1.29, 1.82) is 0 Å². The van der Waals surface area contributed by atoms with Crippen LogP contribution in [0.15, 0.2) is 6.07 Å². The molecule has 1 aromatic carbocycles. The zero-order valence-electron chi connectivity index (χ0n) is 15.5. The standard InChI is InChI=1S/C19H25N3O4S/c1-12(23)21-19(8-9-19)11-27(25,26)22-18(24)20-17-15-6-2-4-13(15)10-14-5-3-7-16(14)17/h10H,2-9,11H2,1H3,(H,21,23)(H2,20,22,24). The number of anilines is 1. The second-order valence-corrected chi connectivity index (χ2v) is 9.73. The Balaban J connectivity index is 1.48. The number of nitrogens with one attached hydrogen (secondary N) is 3. The van der Waals surface area contributed by atoms with Gasteiger partial charge in [0.05, 0.1) is 11.3 Å². The summed E-state index contributed by atoms with van der Waals surface area (Å²) < 4.78 is 27.0. The normalized spacial score (nSPS) is 19.1. The predicted molar refractivity (Wildman–Crippen MR) is 102 cm³/mol. The number of fused-ring (bicyclic) bond motifs is 2. The van der Waals surface area contributed by atoms with Crippen molar-refractivity contribution in [3.63, 3.8) is 0 Å². The van der Waals surface area contributed by atoms with Crippen LogP contribution < -0.4 is 15.4 Å². The number of sulfonamides is 1. The molecule has 0 atom stereocenters. The van der Waals surface area contributed by atoms with Crippen molar-refractivity contribution in [2.75, 3.05) is 11.1 Å². The molecule has 3 amide bonds. The maximum atomic E-state index is 12.5. The lowest BCUT2D eigenvalue weighted by atomic mass is 9.99. The summed E-state index contributed by atoms with van der Waals surface area (Å²) in [7, 11) is -3.85. The Morgan fingerprint density at radius 3 is 2.15 bits per heavy atom. The number of aryl methyl sites for hydroxylation is 2. The van der Waals surface area contributed by atoms with E-state index in [0.29, 0.717) is 12.8 Å². The van der Waals surface area contributed by atoms with Crippen molar-refractivity contribution in [2.45, 2.75) is 63.8 Å². The number of carbonyl (C=O) groups excluding carboxylic acids is 2. The second-order valence-electron chi connectivity index (χ2n) is 8.01. The number of benzene rings is 1. The van der Waals surface area contributed by atoms with Crippen LogP contribution in [0.3, 0.4) is 0 Å². The maximum absolute atomic E-state index is 12.5. The molecule has 0 bridgehead atoms. The van der Waals surface area contributed by atoms with Crippen LogP contribution in [0, 0.1) is 0 Å². The number of urea groups is 1. The highest BCUT2D eigenvalue weighted by Gasteiger charge is 2.47. The van der Waals surface area contributed by atoms with Crippen molar-refractivity contribution in [1.82, 2.24) is 10.0 Å². The molecular formula is C19H25N3O4S. The molecular weight excluding hydrogens is 366 g/mol. The monoisotopic (exact) mass is 391 g/mol. The SMILES string of the molecule is CC(=O)NC1(CS(=O)(=O)NC(=O)Nc2c3c(cc4c2CCC4)CCC3)CC1. The van der Waals surface area contributed by atoms with Gasteiger partial charge in [-0.25, -0.2) is 17.9 Å². The molecule has 0 spiro atoms. The first kappa shape index (κ1) is 18.3. The fourth-order valence-electron chi connectivity index (χ4n) is 4.48. The van der Waals surface area contributed by atoms with Crippen molar-refractivity contribution in [3.8, 4) is 0 Å². The zero-order valence-corrected chi connectivity index (χ0v) is 16.3. The van der Waals surface area contributed by atoms with E-state index >= 15 is 0 Å². The Kier molecular flexibility index (Phi) is 4.41. The topological polar surface area (TPSA) is 104 Å². The molecule has 3 N–H and O–H groups in total. The fourth-order valence-corrected chi connectivity index (χ4v) is 5.97. The van der Waals surface area contributed by atoms with E-state index in [4.69, 9.17) is 0 Å². The molecule has 3 aliphatic rings. The molecule has 27 heavy (non-hydrogen) atoms. The Labute approximate surface area is 159 Å². The van der Waals surface area contributed by atoms with E-state index in [1.165, 1.54) is 18.1 Å². The van der Waals surface area contributed by atoms with Crippen molar-refractivity contribution in [2.24, 2.45) is 0 Å². The highest BCUT2D eigenvalue weighted by molar-refractivity contribution is 7.90. The molecule has 4 rings (SSSR count). The van der Waals surface area contributed by atoms with Crippen LogP contribution in [-0.2, 0) is 40.5 Å². The van der Waals surface area contributed by atoms with Gasteiger partial charge in [0.1, 0.15) is 0 Å². The molecule has 7 nitrogen and oxygen atoms in total. The van der Waals surface area contributed by atoms with Crippen LogP contribution in [0.1, 0.15) is 54.9 Å². The van der Waals surface area contributed by atoms with Gasteiger partial charge in [-0.3, -0.25) is 4.79 Å². The summed E-state index contributed by atoms with van der Waals surface area (Å²) in [6, 6.07) is 1.54. The first-order valence-electron chi connectivity index (χ1n) is 9.54. The molecule has 1 fully saturated rings. The summed E-state index contributed by atoms with van der Waals surface area (Å²) in [5, 5.41) is 5.52. The Hall–Kier alpha value is -2.09. The summed E-state index contributed by atoms with van der Waals surface area (Å²) in [5.74, 6) is -0.541. The van der Waals surface area contributed by atoms with Gasteiger partial charge in [-0.15, -0.1) is 0 Å². The first-order valence-corrected chi connectivity index (χ1v) is 11.2. The predicted octanol–water partition coefficient (Wildman–Crippen LogP) is 1.78. The van der Waals surface area contributed by atoms with Crippen LogP contribution in [-0.4, -0.2) is 31.6 Å².